The van der Waals surface area contributed by atoms with Gasteiger partial charge >= 0.3 is 11.8 Å². The second-order valence-corrected chi connectivity index (χ2v) is 5.48. The van der Waals surface area contributed by atoms with Crippen LogP contribution in [-0.4, -0.2) is 49.6 Å². The Bertz CT molecular complexity index is 587. The van der Waals surface area contributed by atoms with Crippen molar-refractivity contribution in [2.75, 3.05) is 27.1 Å². The fraction of sp³-hybridized carbons (Fsp3) is 0.467. The molecule has 2 rings (SSSR count). The van der Waals surface area contributed by atoms with Gasteiger partial charge in [-0.15, -0.1) is 0 Å². The number of amides is 2. The number of nitrogens with one attached hydrogen (secondary N) is 2. The van der Waals surface area contributed by atoms with Crippen molar-refractivity contribution in [1.29, 1.82) is 0 Å². The molecule has 1 aromatic rings. The van der Waals surface area contributed by atoms with E-state index in [1.165, 1.54) is 14.0 Å². The molecule has 1 aromatic carbocycles. The topological polar surface area (TPSA) is 106 Å². The van der Waals surface area contributed by atoms with Crippen LogP contribution in [-0.2, 0) is 20.9 Å². The maximum absolute atomic E-state index is 11.7. The zero-order chi connectivity index (χ0) is 16.9. The van der Waals surface area contributed by atoms with E-state index in [2.05, 4.69) is 10.6 Å². The van der Waals surface area contributed by atoms with Crippen LogP contribution in [0.3, 0.4) is 0 Å². The highest BCUT2D eigenvalue weighted by Crippen LogP contribution is 2.32. The monoisotopic (exact) mass is 324 g/mol. The number of hydrogen-bond acceptors (Lipinski definition) is 6. The van der Waals surface area contributed by atoms with Crippen LogP contribution in [0.1, 0.15) is 12.5 Å². The van der Waals surface area contributed by atoms with Crippen molar-refractivity contribution in [1.82, 2.24) is 10.6 Å². The summed E-state index contributed by atoms with van der Waals surface area (Å²) in [6.07, 6.45) is 0. The molecule has 0 saturated carbocycles. The molecule has 126 valence electrons. The zero-order valence-corrected chi connectivity index (χ0v) is 13.0. The smallest absolute Gasteiger partial charge is 0.309 e. The van der Waals surface area contributed by atoms with E-state index in [9.17, 15) is 14.7 Å². The Hall–Kier alpha value is -2.32. The molecule has 2 amide bonds. The summed E-state index contributed by atoms with van der Waals surface area (Å²) in [5, 5.41) is 14.7. The van der Waals surface area contributed by atoms with Crippen LogP contribution in [0.2, 0.25) is 0 Å². The van der Waals surface area contributed by atoms with Gasteiger partial charge in [-0.25, -0.2) is 0 Å². The van der Waals surface area contributed by atoms with Crippen molar-refractivity contribution < 1.29 is 28.9 Å². The van der Waals surface area contributed by atoms with Crippen molar-refractivity contribution in [3.8, 4) is 11.5 Å². The van der Waals surface area contributed by atoms with Crippen molar-refractivity contribution >= 4 is 11.8 Å². The van der Waals surface area contributed by atoms with Crippen molar-refractivity contribution in [2.24, 2.45) is 0 Å². The third-order valence-electron chi connectivity index (χ3n) is 3.18. The summed E-state index contributed by atoms with van der Waals surface area (Å²) < 4.78 is 15.2. The quantitative estimate of drug-likeness (QED) is 0.612. The molecule has 1 unspecified atom stereocenters. The van der Waals surface area contributed by atoms with E-state index in [-0.39, 0.29) is 26.5 Å². The number of carbonyl (C=O) groups is 2. The van der Waals surface area contributed by atoms with Gasteiger partial charge in [-0.05, 0) is 24.6 Å². The van der Waals surface area contributed by atoms with Gasteiger partial charge in [0, 0.05) is 20.2 Å². The molecule has 23 heavy (non-hydrogen) atoms. The summed E-state index contributed by atoms with van der Waals surface area (Å²) in [5.74, 6) is -0.340. The maximum Gasteiger partial charge on any atom is 0.309 e. The zero-order valence-electron chi connectivity index (χ0n) is 13.0. The summed E-state index contributed by atoms with van der Waals surface area (Å²) in [6, 6.07) is 5.25. The van der Waals surface area contributed by atoms with Gasteiger partial charge in [0.05, 0.1) is 6.61 Å². The van der Waals surface area contributed by atoms with Gasteiger partial charge in [-0.1, -0.05) is 6.07 Å². The highest BCUT2D eigenvalue weighted by atomic mass is 16.7. The van der Waals surface area contributed by atoms with Crippen molar-refractivity contribution in [3.05, 3.63) is 23.8 Å². The predicted octanol–water partition coefficient (Wildman–Crippen LogP) is -0.455. The summed E-state index contributed by atoms with van der Waals surface area (Å²) >= 11 is 0. The van der Waals surface area contributed by atoms with E-state index in [0.29, 0.717) is 11.5 Å². The Balaban J connectivity index is 1.79. The Morgan fingerprint density at radius 2 is 1.96 bits per heavy atom. The number of fused-ring (bicyclic) bond motifs is 1. The van der Waals surface area contributed by atoms with Crippen LogP contribution in [0.25, 0.3) is 0 Å². The maximum atomic E-state index is 11.7. The van der Waals surface area contributed by atoms with E-state index in [1.54, 1.807) is 18.2 Å². The van der Waals surface area contributed by atoms with Crippen LogP contribution in [0.5, 0.6) is 11.5 Å². The van der Waals surface area contributed by atoms with Crippen LogP contribution in [0.15, 0.2) is 18.2 Å². The minimum absolute atomic E-state index is 0.0477. The molecule has 0 spiro atoms. The third-order valence-corrected chi connectivity index (χ3v) is 3.18. The average molecular weight is 324 g/mol. The lowest BCUT2D eigenvalue weighted by atomic mass is 10.1. The molecule has 0 aliphatic carbocycles. The lowest BCUT2D eigenvalue weighted by Crippen LogP contribution is -2.48. The first-order valence-corrected chi connectivity index (χ1v) is 7.07. The number of ether oxygens (including phenoxy) is 3. The second kappa shape index (κ2) is 7.30. The van der Waals surface area contributed by atoms with Crippen LogP contribution in [0, 0.1) is 0 Å². The fourth-order valence-electron chi connectivity index (χ4n) is 2.03. The molecule has 1 heterocycles. The number of benzene rings is 1. The Morgan fingerprint density at radius 3 is 2.70 bits per heavy atom. The minimum Gasteiger partial charge on any atom is -0.454 e. The Morgan fingerprint density at radius 1 is 1.26 bits per heavy atom. The predicted molar refractivity (Wildman–Crippen MR) is 79.9 cm³/mol. The third kappa shape index (κ3) is 4.83. The van der Waals surface area contributed by atoms with Gasteiger partial charge < -0.3 is 30.0 Å². The lowest BCUT2D eigenvalue weighted by Gasteiger charge is -2.22. The molecule has 0 aromatic heterocycles. The second-order valence-electron chi connectivity index (χ2n) is 5.48. The largest absolute Gasteiger partial charge is 0.454 e. The van der Waals surface area contributed by atoms with E-state index >= 15 is 0 Å². The van der Waals surface area contributed by atoms with Gasteiger partial charge in [0.1, 0.15) is 5.60 Å². The van der Waals surface area contributed by atoms with Crippen LogP contribution < -0.4 is 20.1 Å². The van der Waals surface area contributed by atoms with Crippen LogP contribution in [0.4, 0.5) is 0 Å². The number of methoxy groups -OCH3 is 1. The average Bonchev–Trinajstić information content (AvgIpc) is 2.97. The van der Waals surface area contributed by atoms with Gasteiger partial charge in [0.15, 0.2) is 11.5 Å². The molecule has 0 radical (unpaired) electrons. The molecule has 8 nitrogen and oxygen atoms in total. The van der Waals surface area contributed by atoms with Gasteiger partial charge in [0.2, 0.25) is 6.79 Å². The molecule has 3 N–H and O–H groups in total. The minimum atomic E-state index is -1.23. The first-order valence-electron chi connectivity index (χ1n) is 7.07. The van der Waals surface area contributed by atoms with E-state index in [1.807, 2.05) is 0 Å². The number of carbonyl (C=O) groups excluding carboxylic acids is 2. The lowest BCUT2D eigenvalue weighted by molar-refractivity contribution is -0.140. The highest BCUT2D eigenvalue weighted by molar-refractivity contribution is 6.35. The molecule has 1 aliphatic rings. The number of rotatable bonds is 6. The van der Waals surface area contributed by atoms with Gasteiger partial charge in [0.25, 0.3) is 0 Å². The standard InChI is InChI=1S/C15H20N2O6/c1-15(20,8-21-2)7-17-14(19)13(18)16-6-10-3-4-11-12(5-10)23-9-22-11/h3-5,20H,6-9H2,1-2H3,(H,16,18)(H,17,19). The molecule has 0 bridgehead atoms. The van der Waals surface area contributed by atoms with Crippen molar-refractivity contribution in [3.63, 3.8) is 0 Å². The molecular formula is C15H20N2O6. The molecular weight excluding hydrogens is 304 g/mol. The fourth-order valence-corrected chi connectivity index (χ4v) is 2.03. The van der Waals surface area contributed by atoms with Crippen molar-refractivity contribution in [2.45, 2.75) is 19.1 Å². The normalized spacial score (nSPS) is 14.9. The number of hydrogen-bond donors (Lipinski definition) is 3. The summed E-state index contributed by atoms with van der Waals surface area (Å²) in [7, 11) is 1.44. The van der Waals surface area contributed by atoms with Crippen LogP contribution >= 0.6 is 0 Å². The Labute approximate surface area is 133 Å². The first-order chi connectivity index (χ1) is 10.9. The molecule has 8 heteroatoms. The summed E-state index contributed by atoms with van der Waals surface area (Å²) in [5.41, 5.74) is -0.455. The van der Waals surface area contributed by atoms with Gasteiger partial charge in [-0.2, -0.15) is 0 Å². The molecule has 0 saturated heterocycles. The van der Waals surface area contributed by atoms with E-state index < -0.39 is 17.4 Å². The molecule has 0 fully saturated rings. The molecule has 1 aliphatic heterocycles. The molecule has 1 atom stereocenters. The Kier molecular flexibility index (Phi) is 5.41. The highest BCUT2D eigenvalue weighted by Gasteiger charge is 2.23. The van der Waals surface area contributed by atoms with Gasteiger partial charge in [-0.3, -0.25) is 9.59 Å². The summed E-state index contributed by atoms with van der Waals surface area (Å²) in [6.45, 7) is 1.82. The van der Waals surface area contributed by atoms with E-state index in [4.69, 9.17) is 14.2 Å². The SMILES string of the molecule is COCC(C)(O)CNC(=O)C(=O)NCc1ccc2c(c1)OCO2. The first kappa shape index (κ1) is 17.0. The number of aliphatic hydroxyl groups is 1. The van der Waals surface area contributed by atoms with E-state index in [0.717, 1.165) is 5.56 Å². The summed E-state index contributed by atoms with van der Waals surface area (Å²) in [4.78, 5) is 23.4.